The van der Waals surface area contributed by atoms with Crippen LogP contribution in [0.25, 0.3) is 5.76 Å². The lowest BCUT2D eigenvalue weighted by atomic mass is 9.98. The fourth-order valence-electron chi connectivity index (χ4n) is 4.45. The average molecular weight is 426 g/mol. The molecule has 32 heavy (non-hydrogen) atoms. The van der Waals surface area contributed by atoms with E-state index in [1.54, 1.807) is 6.07 Å². The quantitative estimate of drug-likeness (QED) is 0.583. The SMILES string of the molecule is C=C1OCc2cc(CCN3CCc4cc(Nc5ccc(C#N)c(F)c5)ccc4C3)ccc21. The molecule has 2 heterocycles. The van der Waals surface area contributed by atoms with E-state index < -0.39 is 5.82 Å². The average Bonchev–Trinajstić information content (AvgIpc) is 3.18. The largest absolute Gasteiger partial charge is 0.489 e. The summed E-state index contributed by atoms with van der Waals surface area (Å²) in [6.45, 7) is 7.55. The number of fused-ring (bicyclic) bond motifs is 2. The van der Waals surface area contributed by atoms with Gasteiger partial charge in [0.05, 0.1) is 5.56 Å². The molecular weight excluding hydrogens is 401 g/mol. The van der Waals surface area contributed by atoms with E-state index in [2.05, 4.69) is 47.1 Å². The van der Waals surface area contributed by atoms with Crippen LogP contribution in [-0.4, -0.2) is 18.0 Å². The van der Waals surface area contributed by atoms with E-state index in [9.17, 15) is 4.39 Å². The molecule has 0 aromatic heterocycles. The van der Waals surface area contributed by atoms with Gasteiger partial charge in [0.1, 0.15) is 24.3 Å². The molecule has 2 aliphatic rings. The number of nitrogens with zero attached hydrogens (tertiary/aromatic N) is 2. The van der Waals surface area contributed by atoms with Crippen LogP contribution < -0.4 is 5.32 Å². The lowest BCUT2D eigenvalue weighted by Crippen LogP contribution is -2.32. The molecule has 160 valence electrons. The van der Waals surface area contributed by atoms with Gasteiger partial charge in [-0.2, -0.15) is 5.26 Å². The van der Waals surface area contributed by atoms with Gasteiger partial charge in [-0.05, 0) is 59.9 Å². The molecule has 1 N–H and O–H groups in total. The predicted molar refractivity (Wildman–Crippen MR) is 124 cm³/mol. The summed E-state index contributed by atoms with van der Waals surface area (Å²) in [5.41, 5.74) is 8.00. The van der Waals surface area contributed by atoms with Gasteiger partial charge >= 0.3 is 0 Å². The minimum atomic E-state index is -0.507. The Morgan fingerprint density at radius 1 is 1.03 bits per heavy atom. The third-order valence-corrected chi connectivity index (χ3v) is 6.26. The fourth-order valence-corrected chi connectivity index (χ4v) is 4.45. The molecule has 0 fully saturated rings. The van der Waals surface area contributed by atoms with Crippen molar-refractivity contribution in [1.29, 1.82) is 5.26 Å². The van der Waals surface area contributed by atoms with Crippen molar-refractivity contribution in [3.8, 4) is 6.07 Å². The highest BCUT2D eigenvalue weighted by molar-refractivity contribution is 5.65. The third kappa shape index (κ3) is 4.10. The molecule has 0 bridgehead atoms. The van der Waals surface area contributed by atoms with Crippen LogP contribution in [0.3, 0.4) is 0 Å². The molecule has 0 saturated carbocycles. The Morgan fingerprint density at radius 3 is 2.72 bits per heavy atom. The topological polar surface area (TPSA) is 48.3 Å². The molecule has 0 amide bonds. The maximum Gasteiger partial charge on any atom is 0.143 e. The maximum absolute atomic E-state index is 13.9. The number of hydrogen-bond donors (Lipinski definition) is 1. The molecule has 5 heteroatoms. The van der Waals surface area contributed by atoms with Crippen LogP contribution in [0.4, 0.5) is 15.8 Å². The summed E-state index contributed by atoms with van der Waals surface area (Å²) in [6.07, 6.45) is 2.00. The molecule has 0 saturated heterocycles. The number of ether oxygens (including phenoxy) is 1. The van der Waals surface area contributed by atoms with Gasteiger partial charge in [-0.25, -0.2) is 4.39 Å². The van der Waals surface area contributed by atoms with Crippen LogP contribution >= 0.6 is 0 Å². The summed E-state index contributed by atoms with van der Waals surface area (Å²) in [5, 5.41) is 12.1. The lowest BCUT2D eigenvalue weighted by molar-refractivity contribution is 0.257. The molecule has 4 nitrogen and oxygen atoms in total. The van der Waals surface area contributed by atoms with Gasteiger partial charge in [-0.1, -0.05) is 30.8 Å². The number of anilines is 2. The first-order valence-corrected chi connectivity index (χ1v) is 10.8. The van der Waals surface area contributed by atoms with Gasteiger partial charge in [-0.3, -0.25) is 4.90 Å². The maximum atomic E-state index is 13.9. The van der Waals surface area contributed by atoms with Crippen LogP contribution in [0, 0.1) is 17.1 Å². The van der Waals surface area contributed by atoms with Crippen molar-refractivity contribution >= 4 is 17.1 Å². The summed E-state index contributed by atoms with van der Waals surface area (Å²) in [6, 6.07) is 19.3. The smallest absolute Gasteiger partial charge is 0.143 e. The van der Waals surface area contributed by atoms with Crippen molar-refractivity contribution in [2.75, 3.05) is 18.4 Å². The van der Waals surface area contributed by atoms with Crippen LogP contribution in [0.5, 0.6) is 0 Å². The van der Waals surface area contributed by atoms with Crippen molar-refractivity contribution < 1.29 is 9.13 Å². The molecule has 0 unspecified atom stereocenters. The number of rotatable bonds is 5. The molecule has 0 spiro atoms. The second-order valence-electron chi connectivity index (χ2n) is 8.39. The van der Waals surface area contributed by atoms with Gasteiger partial charge in [-0.15, -0.1) is 0 Å². The van der Waals surface area contributed by atoms with E-state index in [0.717, 1.165) is 49.5 Å². The van der Waals surface area contributed by atoms with E-state index in [4.69, 9.17) is 10.00 Å². The Balaban J connectivity index is 1.21. The first kappa shape index (κ1) is 20.3. The summed E-state index contributed by atoms with van der Waals surface area (Å²) in [5.74, 6) is 0.268. The van der Waals surface area contributed by atoms with E-state index in [-0.39, 0.29) is 5.56 Å². The second-order valence-corrected chi connectivity index (χ2v) is 8.39. The number of benzene rings is 3. The Labute approximate surface area is 187 Å². The van der Waals surface area contributed by atoms with Gasteiger partial charge < -0.3 is 10.1 Å². The fraction of sp³-hybridized carbons (Fsp3) is 0.222. The molecule has 3 aromatic carbocycles. The molecule has 2 aliphatic heterocycles. The van der Waals surface area contributed by atoms with Crippen LogP contribution in [-0.2, 0) is 30.7 Å². The monoisotopic (exact) mass is 425 g/mol. The molecule has 5 rings (SSSR count). The van der Waals surface area contributed by atoms with Crippen LogP contribution in [0.15, 0.2) is 61.2 Å². The minimum Gasteiger partial charge on any atom is -0.489 e. The molecule has 0 atom stereocenters. The molecule has 3 aromatic rings. The van der Waals surface area contributed by atoms with E-state index in [0.29, 0.717) is 12.3 Å². The highest BCUT2D eigenvalue weighted by atomic mass is 19.1. The summed E-state index contributed by atoms with van der Waals surface area (Å²) >= 11 is 0. The normalized spacial score (nSPS) is 14.9. The van der Waals surface area contributed by atoms with Crippen molar-refractivity contribution in [2.24, 2.45) is 0 Å². The number of hydrogen-bond acceptors (Lipinski definition) is 4. The minimum absolute atomic E-state index is 0.0553. The standard InChI is InChI=1S/C27H24FN3O/c1-18-26-7-2-19(12-23(26)17-32-18)8-10-31-11-9-20-13-24(6-4-22(20)16-31)30-25-5-3-21(15-29)27(28)14-25/h2-7,12-14,30H,1,8-11,16-17H2. The van der Waals surface area contributed by atoms with Crippen molar-refractivity contribution in [1.82, 2.24) is 4.90 Å². The Hall–Kier alpha value is -3.62. The second kappa shape index (κ2) is 8.49. The Morgan fingerprint density at radius 2 is 1.88 bits per heavy atom. The third-order valence-electron chi connectivity index (χ3n) is 6.26. The molecule has 0 radical (unpaired) electrons. The summed E-state index contributed by atoms with van der Waals surface area (Å²) in [4.78, 5) is 2.49. The van der Waals surface area contributed by atoms with Crippen LogP contribution in [0.1, 0.15) is 33.4 Å². The Kier molecular flexibility index (Phi) is 5.38. The predicted octanol–water partition coefficient (Wildman–Crippen LogP) is 5.54. The zero-order valence-electron chi connectivity index (χ0n) is 17.8. The number of halogens is 1. The molecular formula is C27H24FN3O. The van der Waals surface area contributed by atoms with Gasteiger partial charge in [0.2, 0.25) is 0 Å². The van der Waals surface area contributed by atoms with Gasteiger partial charge in [0, 0.05) is 42.1 Å². The van der Waals surface area contributed by atoms with Gasteiger partial charge in [0.15, 0.2) is 0 Å². The van der Waals surface area contributed by atoms with E-state index in [1.165, 1.54) is 34.4 Å². The first-order valence-electron chi connectivity index (χ1n) is 10.8. The summed E-state index contributed by atoms with van der Waals surface area (Å²) < 4.78 is 19.4. The highest BCUT2D eigenvalue weighted by Crippen LogP contribution is 2.29. The number of nitriles is 1. The van der Waals surface area contributed by atoms with Crippen molar-refractivity contribution in [2.45, 2.75) is 26.0 Å². The Bertz CT molecular complexity index is 1240. The van der Waals surface area contributed by atoms with Crippen molar-refractivity contribution in [3.63, 3.8) is 0 Å². The number of nitrogens with one attached hydrogen (secondary N) is 1. The van der Waals surface area contributed by atoms with Crippen molar-refractivity contribution in [3.05, 3.63) is 100 Å². The first-order chi connectivity index (χ1) is 15.6. The van der Waals surface area contributed by atoms with E-state index in [1.807, 2.05) is 12.1 Å². The highest BCUT2D eigenvalue weighted by Gasteiger charge is 2.18. The summed E-state index contributed by atoms with van der Waals surface area (Å²) in [7, 11) is 0. The lowest BCUT2D eigenvalue weighted by Gasteiger charge is -2.29. The van der Waals surface area contributed by atoms with E-state index >= 15 is 0 Å². The zero-order chi connectivity index (χ0) is 22.1. The van der Waals surface area contributed by atoms with Crippen LogP contribution in [0.2, 0.25) is 0 Å². The van der Waals surface area contributed by atoms with Gasteiger partial charge in [0.25, 0.3) is 0 Å². The zero-order valence-corrected chi connectivity index (χ0v) is 17.8. The molecule has 0 aliphatic carbocycles.